The van der Waals surface area contributed by atoms with Gasteiger partial charge < -0.3 is 10.2 Å². The molecule has 2 unspecified atom stereocenters. The van der Waals surface area contributed by atoms with Crippen LogP contribution >= 0.6 is 0 Å². The lowest BCUT2D eigenvalue weighted by molar-refractivity contribution is 0.360. The first-order valence-corrected chi connectivity index (χ1v) is 7.53. The summed E-state index contributed by atoms with van der Waals surface area (Å²) in [7, 11) is 0. The van der Waals surface area contributed by atoms with Crippen molar-refractivity contribution in [2.24, 2.45) is 5.92 Å². The van der Waals surface area contributed by atoms with Gasteiger partial charge in [-0.15, -0.1) is 0 Å². The van der Waals surface area contributed by atoms with Crippen molar-refractivity contribution in [2.75, 3.05) is 11.4 Å². The molecule has 1 aliphatic rings. The Bertz CT molecular complexity index is 403. The number of pyridine rings is 1. The molecular formula is C16H27N3. The Balaban J connectivity index is 2.18. The molecule has 1 aliphatic heterocycles. The lowest BCUT2D eigenvalue weighted by Gasteiger charge is -2.39. The van der Waals surface area contributed by atoms with Gasteiger partial charge in [0.1, 0.15) is 5.82 Å². The third kappa shape index (κ3) is 3.47. The largest absolute Gasteiger partial charge is 0.353 e. The van der Waals surface area contributed by atoms with Gasteiger partial charge in [-0.2, -0.15) is 0 Å². The highest BCUT2D eigenvalue weighted by atomic mass is 15.2. The number of hydrogen-bond acceptors (Lipinski definition) is 3. The zero-order chi connectivity index (χ0) is 13.8. The molecule has 0 spiro atoms. The average molecular weight is 261 g/mol. The van der Waals surface area contributed by atoms with Gasteiger partial charge >= 0.3 is 0 Å². The highest BCUT2D eigenvalue weighted by molar-refractivity contribution is 5.48. The summed E-state index contributed by atoms with van der Waals surface area (Å²) in [5.41, 5.74) is 1.32. The predicted octanol–water partition coefficient (Wildman–Crippen LogP) is 3.20. The second kappa shape index (κ2) is 6.38. The van der Waals surface area contributed by atoms with E-state index >= 15 is 0 Å². The normalized spacial score (nSPS) is 23.9. The summed E-state index contributed by atoms with van der Waals surface area (Å²) >= 11 is 0. The number of nitrogens with zero attached hydrogens (tertiary/aromatic N) is 2. The van der Waals surface area contributed by atoms with E-state index in [0.29, 0.717) is 12.1 Å². The topological polar surface area (TPSA) is 28.2 Å². The minimum absolute atomic E-state index is 0.505. The smallest absolute Gasteiger partial charge is 0.133 e. The van der Waals surface area contributed by atoms with Crippen LogP contribution in [0, 0.1) is 5.92 Å². The molecule has 19 heavy (non-hydrogen) atoms. The summed E-state index contributed by atoms with van der Waals surface area (Å²) in [4.78, 5) is 7.14. The number of hydrogen-bond donors (Lipinski definition) is 1. The molecule has 0 bridgehead atoms. The van der Waals surface area contributed by atoms with Crippen LogP contribution < -0.4 is 10.2 Å². The molecule has 1 fully saturated rings. The highest BCUT2D eigenvalue weighted by Gasteiger charge is 2.26. The molecule has 0 saturated carbocycles. The molecule has 0 amide bonds. The summed E-state index contributed by atoms with van der Waals surface area (Å²) in [6.45, 7) is 11.1. The van der Waals surface area contributed by atoms with Crippen LogP contribution in [0.3, 0.4) is 0 Å². The molecule has 1 aromatic heterocycles. The van der Waals surface area contributed by atoms with Crippen LogP contribution in [0.2, 0.25) is 0 Å². The Kier molecular flexibility index (Phi) is 4.81. The van der Waals surface area contributed by atoms with Gasteiger partial charge in [0, 0.05) is 36.9 Å². The molecule has 0 radical (unpaired) electrons. The zero-order valence-corrected chi connectivity index (χ0v) is 12.7. The summed E-state index contributed by atoms with van der Waals surface area (Å²) in [5, 5.41) is 3.50. The molecule has 2 atom stereocenters. The van der Waals surface area contributed by atoms with Gasteiger partial charge in [-0.25, -0.2) is 4.98 Å². The van der Waals surface area contributed by atoms with Crippen molar-refractivity contribution in [3.05, 3.63) is 23.9 Å². The van der Waals surface area contributed by atoms with Crippen LogP contribution in [-0.4, -0.2) is 23.6 Å². The molecule has 0 aromatic carbocycles. The summed E-state index contributed by atoms with van der Waals surface area (Å²) in [5.74, 6) is 1.93. The Morgan fingerprint density at radius 1 is 1.42 bits per heavy atom. The van der Waals surface area contributed by atoms with Gasteiger partial charge in [0.15, 0.2) is 0 Å². The molecule has 1 aromatic rings. The van der Waals surface area contributed by atoms with Gasteiger partial charge in [0.05, 0.1) is 0 Å². The Hall–Kier alpha value is -1.09. The van der Waals surface area contributed by atoms with Gasteiger partial charge in [0.25, 0.3) is 0 Å². The number of rotatable bonds is 4. The third-order valence-electron chi connectivity index (χ3n) is 4.21. The Labute approximate surface area is 117 Å². The highest BCUT2D eigenvalue weighted by Crippen LogP contribution is 2.29. The summed E-state index contributed by atoms with van der Waals surface area (Å²) in [6.07, 6.45) is 4.53. The predicted molar refractivity (Wildman–Crippen MR) is 81.4 cm³/mol. The van der Waals surface area contributed by atoms with Crippen molar-refractivity contribution in [2.45, 2.75) is 59.2 Å². The fourth-order valence-corrected chi connectivity index (χ4v) is 2.78. The fraction of sp³-hybridized carbons (Fsp3) is 0.688. The molecule has 3 nitrogen and oxygen atoms in total. The SMILES string of the molecule is CC(C)NCc1cccnc1N1CCCC(C)C1C. The Morgan fingerprint density at radius 3 is 2.95 bits per heavy atom. The number of aromatic nitrogens is 1. The standard InChI is InChI=1S/C16H27N3/c1-12(2)18-11-15-8-5-9-17-16(15)19-10-6-7-13(3)14(19)4/h5,8-9,12-14,18H,6-7,10-11H2,1-4H3. The first-order chi connectivity index (χ1) is 9.09. The first kappa shape index (κ1) is 14.3. The molecular weight excluding hydrogens is 234 g/mol. The molecule has 2 heterocycles. The van der Waals surface area contributed by atoms with E-state index < -0.39 is 0 Å². The van der Waals surface area contributed by atoms with Crippen LogP contribution in [0.15, 0.2) is 18.3 Å². The van der Waals surface area contributed by atoms with E-state index in [1.807, 2.05) is 12.3 Å². The van der Waals surface area contributed by atoms with E-state index in [0.717, 1.165) is 19.0 Å². The Morgan fingerprint density at radius 2 is 2.21 bits per heavy atom. The van der Waals surface area contributed by atoms with E-state index in [2.05, 4.69) is 49.0 Å². The van der Waals surface area contributed by atoms with Crippen LogP contribution in [0.1, 0.15) is 46.1 Å². The number of piperidine rings is 1. The summed E-state index contributed by atoms with van der Waals surface area (Å²) in [6, 6.07) is 5.33. The molecule has 106 valence electrons. The van der Waals surface area contributed by atoms with Crippen LogP contribution in [0.25, 0.3) is 0 Å². The van der Waals surface area contributed by atoms with Gasteiger partial charge in [-0.05, 0) is 31.7 Å². The maximum atomic E-state index is 4.65. The monoisotopic (exact) mass is 261 g/mol. The van der Waals surface area contributed by atoms with Crippen molar-refractivity contribution < 1.29 is 0 Å². The van der Waals surface area contributed by atoms with Crippen molar-refractivity contribution in [1.29, 1.82) is 0 Å². The van der Waals surface area contributed by atoms with E-state index in [4.69, 9.17) is 0 Å². The molecule has 1 N–H and O–H groups in total. The van der Waals surface area contributed by atoms with E-state index in [-0.39, 0.29) is 0 Å². The second-order valence-electron chi connectivity index (χ2n) is 6.08. The second-order valence-corrected chi connectivity index (χ2v) is 6.08. The molecule has 3 heteroatoms. The lowest BCUT2D eigenvalue weighted by atomic mass is 9.92. The molecule has 1 saturated heterocycles. The van der Waals surface area contributed by atoms with Crippen LogP contribution in [0.5, 0.6) is 0 Å². The lowest BCUT2D eigenvalue weighted by Crippen LogP contribution is -2.43. The minimum Gasteiger partial charge on any atom is -0.353 e. The summed E-state index contributed by atoms with van der Waals surface area (Å²) < 4.78 is 0. The first-order valence-electron chi connectivity index (χ1n) is 7.53. The zero-order valence-electron chi connectivity index (χ0n) is 12.7. The van der Waals surface area contributed by atoms with Gasteiger partial charge in [-0.1, -0.05) is 26.8 Å². The van der Waals surface area contributed by atoms with Crippen LogP contribution in [-0.2, 0) is 6.54 Å². The van der Waals surface area contributed by atoms with Gasteiger partial charge in [-0.3, -0.25) is 0 Å². The average Bonchev–Trinajstić information content (AvgIpc) is 2.40. The molecule has 2 rings (SSSR count). The molecule has 0 aliphatic carbocycles. The van der Waals surface area contributed by atoms with Crippen molar-refractivity contribution in [3.63, 3.8) is 0 Å². The fourth-order valence-electron chi connectivity index (χ4n) is 2.78. The van der Waals surface area contributed by atoms with E-state index in [9.17, 15) is 0 Å². The minimum atomic E-state index is 0.505. The quantitative estimate of drug-likeness (QED) is 0.902. The number of anilines is 1. The van der Waals surface area contributed by atoms with Gasteiger partial charge in [0.2, 0.25) is 0 Å². The van der Waals surface area contributed by atoms with Crippen molar-refractivity contribution in [1.82, 2.24) is 10.3 Å². The maximum absolute atomic E-state index is 4.65. The van der Waals surface area contributed by atoms with E-state index in [1.165, 1.54) is 24.2 Å². The van der Waals surface area contributed by atoms with Crippen LogP contribution in [0.4, 0.5) is 5.82 Å². The van der Waals surface area contributed by atoms with Crippen molar-refractivity contribution >= 4 is 5.82 Å². The van der Waals surface area contributed by atoms with Crippen molar-refractivity contribution in [3.8, 4) is 0 Å². The third-order valence-corrected chi connectivity index (χ3v) is 4.21. The maximum Gasteiger partial charge on any atom is 0.133 e. The number of nitrogens with one attached hydrogen (secondary N) is 1. The van der Waals surface area contributed by atoms with E-state index in [1.54, 1.807) is 0 Å².